The molecule has 0 unspecified atom stereocenters. The van der Waals surface area contributed by atoms with Crippen LogP contribution in [0.1, 0.15) is 72.1 Å². The van der Waals surface area contributed by atoms with Crippen LogP contribution >= 0.6 is 0 Å². The lowest BCUT2D eigenvalue weighted by atomic mass is 9.82. The molecule has 1 aliphatic rings. The minimum Gasteiger partial charge on any atom is -0.390 e. The molecule has 1 N–H and O–H groups in total. The molecule has 0 atom stereocenters. The SMILES string of the molecule is CC(C)=CCC/C(C)=C/CC1(O)CCCCC1. The highest BCUT2D eigenvalue weighted by atomic mass is 16.3. The molecule has 1 nitrogen and oxygen atoms in total. The van der Waals surface area contributed by atoms with Gasteiger partial charge in [-0.3, -0.25) is 0 Å². The molecule has 1 aliphatic carbocycles. The summed E-state index contributed by atoms with van der Waals surface area (Å²) < 4.78 is 0. The summed E-state index contributed by atoms with van der Waals surface area (Å²) in [6.07, 6.45) is 13.3. The van der Waals surface area contributed by atoms with Gasteiger partial charge < -0.3 is 5.11 Å². The Labute approximate surface area is 107 Å². The molecule has 98 valence electrons. The van der Waals surface area contributed by atoms with Gasteiger partial charge >= 0.3 is 0 Å². The van der Waals surface area contributed by atoms with E-state index in [9.17, 15) is 5.11 Å². The van der Waals surface area contributed by atoms with Crippen LogP contribution < -0.4 is 0 Å². The lowest BCUT2D eigenvalue weighted by Crippen LogP contribution is -2.30. The Hall–Kier alpha value is -0.560. The summed E-state index contributed by atoms with van der Waals surface area (Å²) in [7, 11) is 0. The summed E-state index contributed by atoms with van der Waals surface area (Å²) in [4.78, 5) is 0. The van der Waals surface area contributed by atoms with Crippen LogP contribution in [0, 0.1) is 0 Å². The van der Waals surface area contributed by atoms with Crippen molar-refractivity contribution >= 4 is 0 Å². The van der Waals surface area contributed by atoms with Crippen LogP contribution in [0.4, 0.5) is 0 Å². The Morgan fingerprint density at radius 2 is 1.71 bits per heavy atom. The monoisotopic (exact) mass is 236 g/mol. The van der Waals surface area contributed by atoms with Crippen molar-refractivity contribution in [3.8, 4) is 0 Å². The first kappa shape index (κ1) is 14.5. The highest BCUT2D eigenvalue weighted by molar-refractivity contribution is 5.04. The fourth-order valence-electron chi connectivity index (χ4n) is 2.47. The zero-order valence-electron chi connectivity index (χ0n) is 11.8. The van der Waals surface area contributed by atoms with Crippen molar-refractivity contribution in [1.29, 1.82) is 0 Å². The summed E-state index contributed by atoms with van der Waals surface area (Å²) in [6.45, 7) is 6.47. The van der Waals surface area contributed by atoms with E-state index in [-0.39, 0.29) is 0 Å². The molecule has 0 aliphatic heterocycles. The molecule has 0 aromatic heterocycles. The molecule has 0 amide bonds. The van der Waals surface area contributed by atoms with Crippen LogP contribution in [0.2, 0.25) is 0 Å². The van der Waals surface area contributed by atoms with Gasteiger partial charge in [-0.05, 0) is 52.9 Å². The first-order valence-electron chi connectivity index (χ1n) is 7.03. The summed E-state index contributed by atoms with van der Waals surface area (Å²) in [5.74, 6) is 0. The zero-order valence-corrected chi connectivity index (χ0v) is 11.8. The Bertz CT molecular complexity index is 276. The van der Waals surface area contributed by atoms with Crippen LogP contribution in [0.5, 0.6) is 0 Å². The molecule has 1 rings (SSSR count). The van der Waals surface area contributed by atoms with Gasteiger partial charge in [0.25, 0.3) is 0 Å². The summed E-state index contributed by atoms with van der Waals surface area (Å²) in [6, 6.07) is 0. The van der Waals surface area contributed by atoms with E-state index in [1.807, 2.05) is 0 Å². The Balaban J connectivity index is 2.33. The number of rotatable bonds is 5. The molecule has 0 radical (unpaired) electrons. The molecule has 1 saturated carbocycles. The lowest BCUT2D eigenvalue weighted by molar-refractivity contribution is 0.00676. The normalized spacial score (nSPS) is 20.1. The smallest absolute Gasteiger partial charge is 0.0682 e. The molecule has 0 spiro atoms. The minimum atomic E-state index is -0.393. The van der Waals surface area contributed by atoms with Gasteiger partial charge in [0, 0.05) is 0 Å². The third-order valence-electron chi connectivity index (χ3n) is 3.71. The second-order valence-electron chi connectivity index (χ2n) is 5.86. The first-order chi connectivity index (χ1) is 8.02. The standard InChI is InChI=1S/C16H28O/c1-14(2)8-7-9-15(3)10-13-16(17)11-5-4-6-12-16/h8,10,17H,4-7,9,11-13H2,1-3H3/b15-10+. The Morgan fingerprint density at radius 1 is 1.06 bits per heavy atom. The first-order valence-corrected chi connectivity index (χ1v) is 7.03. The van der Waals surface area contributed by atoms with Crippen LogP contribution in [0.15, 0.2) is 23.3 Å². The summed E-state index contributed by atoms with van der Waals surface area (Å²) in [5, 5.41) is 10.4. The van der Waals surface area contributed by atoms with Gasteiger partial charge in [-0.25, -0.2) is 0 Å². The van der Waals surface area contributed by atoms with E-state index < -0.39 is 5.60 Å². The van der Waals surface area contributed by atoms with Gasteiger partial charge in [0.2, 0.25) is 0 Å². The van der Waals surface area contributed by atoms with Gasteiger partial charge in [-0.15, -0.1) is 0 Å². The zero-order chi connectivity index (χ0) is 12.7. The Morgan fingerprint density at radius 3 is 2.29 bits per heavy atom. The second kappa shape index (κ2) is 7.00. The van der Waals surface area contributed by atoms with Crippen LogP contribution in [0.25, 0.3) is 0 Å². The predicted molar refractivity (Wildman–Crippen MR) is 75.1 cm³/mol. The highest BCUT2D eigenvalue weighted by Gasteiger charge is 2.27. The number of allylic oxidation sites excluding steroid dienone is 3. The van der Waals surface area contributed by atoms with E-state index in [0.29, 0.717) is 0 Å². The molecule has 0 heterocycles. The maximum absolute atomic E-state index is 10.4. The number of hydrogen-bond donors (Lipinski definition) is 1. The van der Waals surface area contributed by atoms with E-state index in [4.69, 9.17) is 0 Å². The minimum absolute atomic E-state index is 0.393. The van der Waals surface area contributed by atoms with Gasteiger partial charge in [0.15, 0.2) is 0 Å². The molecule has 0 aromatic carbocycles. The van der Waals surface area contributed by atoms with E-state index in [1.165, 1.54) is 30.4 Å². The van der Waals surface area contributed by atoms with Gasteiger partial charge in [-0.2, -0.15) is 0 Å². The molecular formula is C16H28O. The third-order valence-corrected chi connectivity index (χ3v) is 3.71. The molecule has 1 heteroatoms. The van der Waals surface area contributed by atoms with Crippen molar-refractivity contribution in [3.05, 3.63) is 23.3 Å². The van der Waals surface area contributed by atoms with Crippen molar-refractivity contribution in [2.24, 2.45) is 0 Å². The van der Waals surface area contributed by atoms with E-state index in [2.05, 4.69) is 32.9 Å². The van der Waals surface area contributed by atoms with Gasteiger partial charge in [0.05, 0.1) is 5.60 Å². The van der Waals surface area contributed by atoms with Crippen molar-refractivity contribution in [2.75, 3.05) is 0 Å². The molecule has 17 heavy (non-hydrogen) atoms. The molecule has 1 fully saturated rings. The molecule has 0 bridgehead atoms. The van der Waals surface area contributed by atoms with Crippen molar-refractivity contribution < 1.29 is 5.11 Å². The van der Waals surface area contributed by atoms with Crippen molar-refractivity contribution in [1.82, 2.24) is 0 Å². The Kier molecular flexibility index (Phi) is 5.97. The van der Waals surface area contributed by atoms with Crippen molar-refractivity contribution in [3.63, 3.8) is 0 Å². The largest absolute Gasteiger partial charge is 0.390 e. The summed E-state index contributed by atoms with van der Waals surface area (Å²) in [5.41, 5.74) is 2.42. The fraction of sp³-hybridized carbons (Fsp3) is 0.750. The molecular weight excluding hydrogens is 208 g/mol. The summed E-state index contributed by atoms with van der Waals surface area (Å²) >= 11 is 0. The topological polar surface area (TPSA) is 20.2 Å². The number of aliphatic hydroxyl groups is 1. The third kappa shape index (κ3) is 6.07. The van der Waals surface area contributed by atoms with Gasteiger partial charge in [0.1, 0.15) is 0 Å². The van der Waals surface area contributed by atoms with Crippen molar-refractivity contribution in [2.45, 2.75) is 77.7 Å². The fourth-order valence-corrected chi connectivity index (χ4v) is 2.47. The molecule has 0 saturated heterocycles. The maximum Gasteiger partial charge on any atom is 0.0682 e. The van der Waals surface area contributed by atoms with E-state index >= 15 is 0 Å². The van der Waals surface area contributed by atoms with E-state index in [0.717, 1.165) is 32.1 Å². The highest BCUT2D eigenvalue weighted by Crippen LogP contribution is 2.31. The number of hydrogen-bond acceptors (Lipinski definition) is 1. The second-order valence-corrected chi connectivity index (χ2v) is 5.86. The van der Waals surface area contributed by atoms with Crippen LogP contribution in [-0.2, 0) is 0 Å². The van der Waals surface area contributed by atoms with Gasteiger partial charge in [-0.1, -0.05) is 42.6 Å². The van der Waals surface area contributed by atoms with E-state index in [1.54, 1.807) is 0 Å². The average Bonchev–Trinajstić information content (AvgIpc) is 2.27. The van der Waals surface area contributed by atoms with Crippen LogP contribution in [0.3, 0.4) is 0 Å². The maximum atomic E-state index is 10.4. The molecule has 0 aromatic rings. The quantitative estimate of drug-likeness (QED) is 0.682. The lowest BCUT2D eigenvalue weighted by Gasteiger charge is -2.31. The van der Waals surface area contributed by atoms with Crippen LogP contribution in [-0.4, -0.2) is 10.7 Å². The predicted octanol–water partition coefficient (Wildman–Crippen LogP) is 4.76. The average molecular weight is 236 g/mol.